The highest BCUT2D eigenvalue weighted by Gasteiger charge is 2.18. The smallest absolute Gasteiger partial charge is 0.167 e. The van der Waals surface area contributed by atoms with Gasteiger partial charge in [-0.05, 0) is 41.3 Å². The van der Waals surface area contributed by atoms with E-state index >= 15 is 0 Å². The van der Waals surface area contributed by atoms with Crippen molar-refractivity contribution in [3.05, 3.63) is 65.5 Å². The summed E-state index contributed by atoms with van der Waals surface area (Å²) in [5.41, 5.74) is 3.81. The summed E-state index contributed by atoms with van der Waals surface area (Å²) in [7, 11) is 3.17. The molecule has 146 valence electrons. The molecule has 0 fully saturated rings. The van der Waals surface area contributed by atoms with E-state index in [9.17, 15) is 9.90 Å². The third-order valence-electron chi connectivity index (χ3n) is 4.84. The lowest BCUT2D eigenvalue weighted by molar-refractivity contribution is 0.0972. The summed E-state index contributed by atoms with van der Waals surface area (Å²) in [4.78, 5) is 12.9. The summed E-state index contributed by atoms with van der Waals surface area (Å²) < 4.78 is 10.7. The molecule has 0 aliphatic heterocycles. The highest BCUT2D eigenvalue weighted by atomic mass is 16.5. The largest absolute Gasteiger partial charge is 0.497 e. The van der Waals surface area contributed by atoms with Gasteiger partial charge in [-0.15, -0.1) is 0 Å². The first-order valence-corrected chi connectivity index (χ1v) is 9.06. The molecular weight excluding hydrogens is 356 g/mol. The summed E-state index contributed by atoms with van der Waals surface area (Å²) in [6.07, 6.45) is 2.00. The molecule has 2 N–H and O–H groups in total. The molecule has 0 amide bonds. The lowest BCUT2D eigenvalue weighted by Crippen LogP contribution is -2.07. The molecule has 6 heteroatoms. The Hall–Kier alpha value is -3.12. The Balaban J connectivity index is 1.83. The molecule has 1 aromatic heterocycles. The maximum absolute atomic E-state index is 12.9. The van der Waals surface area contributed by atoms with Gasteiger partial charge in [0.1, 0.15) is 11.5 Å². The van der Waals surface area contributed by atoms with Crippen molar-refractivity contribution in [2.24, 2.45) is 0 Å². The van der Waals surface area contributed by atoms with E-state index < -0.39 is 0 Å². The summed E-state index contributed by atoms with van der Waals surface area (Å²) in [5.74, 6) is 1.33. The van der Waals surface area contributed by atoms with Crippen LogP contribution in [-0.2, 0) is 6.61 Å². The molecule has 2 aromatic carbocycles. The van der Waals surface area contributed by atoms with Gasteiger partial charge in [-0.1, -0.05) is 25.1 Å². The fourth-order valence-corrected chi connectivity index (χ4v) is 3.23. The van der Waals surface area contributed by atoms with Crippen molar-refractivity contribution in [1.82, 2.24) is 10.2 Å². The molecule has 0 aliphatic carbocycles. The summed E-state index contributed by atoms with van der Waals surface area (Å²) in [5, 5.41) is 16.1. The monoisotopic (exact) mass is 380 g/mol. The molecule has 1 atom stereocenters. The Morgan fingerprint density at radius 2 is 2.00 bits per heavy atom. The lowest BCUT2D eigenvalue weighted by Gasteiger charge is -2.14. The number of hydrogen-bond donors (Lipinski definition) is 2. The van der Waals surface area contributed by atoms with Crippen LogP contribution in [0.1, 0.15) is 40.9 Å². The molecular formula is C22H24N2O4. The van der Waals surface area contributed by atoms with Gasteiger partial charge < -0.3 is 14.6 Å². The first-order valence-electron chi connectivity index (χ1n) is 9.06. The van der Waals surface area contributed by atoms with Crippen molar-refractivity contribution < 1.29 is 19.4 Å². The van der Waals surface area contributed by atoms with Crippen LogP contribution in [0.25, 0.3) is 11.1 Å². The molecule has 0 saturated heterocycles. The number of benzene rings is 2. The number of nitrogens with zero attached hydrogens (tertiary/aromatic N) is 1. The number of hydrogen-bond acceptors (Lipinski definition) is 5. The van der Waals surface area contributed by atoms with Crippen LogP contribution in [0.15, 0.2) is 48.7 Å². The van der Waals surface area contributed by atoms with Crippen LogP contribution in [0.2, 0.25) is 0 Å². The molecule has 1 heterocycles. The zero-order valence-electron chi connectivity index (χ0n) is 16.2. The quantitative estimate of drug-likeness (QED) is 0.578. The number of ether oxygens (including phenoxy) is 2. The van der Waals surface area contributed by atoms with Crippen molar-refractivity contribution in [2.45, 2.75) is 25.9 Å². The second-order valence-corrected chi connectivity index (χ2v) is 6.64. The van der Waals surface area contributed by atoms with Crippen molar-refractivity contribution in [1.29, 1.82) is 0 Å². The molecule has 0 saturated carbocycles. The van der Waals surface area contributed by atoms with Crippen LogP contribution in [-0.4, -0.2) is 35.3 Å². The van der Waals surface area contributed by atoms with Crippen LogP contribution >= 0.6 is 0 Å². The number of Topliss-reactive ketones (excluding diaryl/α,β-unsaturated/α-hetero) is 1. The van der Waals surface area contributed by atoms with Crippen LogP contribution in [0.3, 0.4) is 0 Å². The van der Waals surface area contributed by atoms with E-state index in [-0.39, 0.29) is 18.3 Å². The maximum Gasteiger partial charge on any atom is 0.167 e. The number of H-pyrrole nitrogens is 1. The minimum atomic E-state index is -0.142. The number of aliphatic hydroxyl groups excluding tert-OH is 1. The highest BCUT2D eigenvalue weighted by Crippen LogP contribution is 2.31. The van der Waals surface area contributed by atoms with Crippen LogP contribution in [0.5, 0.6) is 11.5 Å². The van der Waals surface area contributed by atoms with Crippen LogP contribution in [0.4, 0.5) is 0 Å². The van der Waals surface area contributed by atoms with Crippen LogP contribution < -0.4 is 9.47 Å². The molecule has 3 rings (SSSR count). The predicted molar refractivity (Wildman–Crippen MR) is 107 cm³/mol. The number of aromatic amines is 1. The van der Waals surface area contributed by atoms with Gasteiger partial charge in [0.2, 0.25) is 0 Å². The summed E-state index contributed by atoms with van der Waals surface area (Å²) >= 11 is 0. The molecule has 28 heavy (non-hydrogen) atoms. The van der Waals surface area contributed by atoms with Gasteiger partial charge in [0, 0.05) is 12.0 Å². The third-order valence-corrected chi connectivity index (χ3v) is 4.84. The number of rotatable bonds is 8. The minimum Gasteiger partial charge on any atom is -0.497 e. The maximum atomic E-state index is 12.9. The number of methoxy groups -OCH3 is 2. The average Bonchev–Trinajstić information content (AvgIpc) is 3.22. The normalized spacial score (nSPS) is 11.9. The van der Waals surface area contributed by atoms with E-state index in [2.05, 4.69) is 10.2 Å². The first-order chi connectivity index (χ1) is 13.6. The highest BCUT2D eigenvalue weighted by molar-refractivity contribution is 5.99. The zero-order valence-corrected chi connectivity index (χ0v) is 16.2. The Kier molecular flexibility index (Phi) is 6.11. The minimum absolute atomic E-state index is 0.00768. The van der Waals surface area contributed by atoms with E-state index in [4.69, 9.17) is 9.47 Å². The van der Waals surface area contributed by atoms with Gasteiger partial charge in [0.15, 0.2) is 5.78 Å². The Bertz CT molecular complexity index is 965. The number of carbonyl (C=O) groups excluding carboxylic acids is 1. The summed E-state index contributed by atoms with van der Waals surface area (Å²) in [6, 6.07) is 13.2. The number of carbonyl (C=O) groups is 1. The number of aliphatic hydroxyl groups is 1. The molecule has 0 bridgehead atoms. The van der Waals surface area contributed by atoms with Crippen molar-refractivity contribution in [3.63, 3.8) is 0 Å². The van der Waals surface area contributed by atoms with E-state index in [1.165, 1.54) is 0 Å². The van der Waals surface area contributed by atoms with Gasteiger partial charge in [0.25, 0.3) is 0 Å². The first kappa shape index (κ1) is 19.6. The average molecular weight is 380 g/mol. The van der Waals surface area contributed by atoms with Gasteiger partial charge in [0.05, 0.1) is 38.3 Å². The second-order valence-electron chi connectivity index (χ2n) is 6.64. The van der Waals surface area contributed by atoms with Gasteiger partial charge in [-0.25, -0.2) is 0 Å². The molecule has 0 radical (unpaired) electrons. The zero-order chi connectivity index (χ0) is 20.1. The second kappa shape index (κ2) is 8.71. The number of ketones is 1. The third kappa shape index (κ3) is 4.07. The van der Waals surface area contributed by atoms with E-state index in [1.807, 2.05) is 37.3 Å². The fourth-order valence-electron chi connectivity index (χ4n) is 3.23. The molecule has 0 spiro atoms. The Morgan fingerprint density at radius 1 is 1.18 bits per heavy atom. The van der Waals surface area contributed by atoms with E-state index in [0.29, 0.717) is 23.4 Å². The van der Waals surface area contributed by atoms with Gasteiger partial charge >= 0.3 is 0 Å². The number of nitrogens with one attached hydrogen (secondary N) is 1. The Labute approximate surface area is 164 Å². The molecule has 0 unspecified atom stereocenters. The van der Waals surface area contributed by atoms with E-state index in [0.717, 1.165) is 22.4 Å². The van der Waals surface area contributed by atoms with Gasteiger partial charge in [-0.2, -0.15) is 5.10 Å². The van der Waals surface area contributed by atoms with Crippen LogP contribution in [0, 0.1) is 0 Å². The predicted octanol–water partition coefficient (Wildman–Crippen LogP) is 3.96. The molecule has 3 aromatic rings. The molecule has 6 nitrogen and oxygen atoms in total. The van der Waals surface area contributed by atoms with Crippen molar-refractivity contribution in [3.8, 4) is 22.6 Å². The van der Waals surface area contributed by atoms with E-state index in [1.54, 1.807) is 32.5 Å². The Morgan fingerprint density at radius 3 is 2.71 bits per heavy atom. The van der Waals surface area contributed by atoms with Crippen molar-refractivity contribution >= 4 is 5.78 Å². The summed E-state index contributed by atoms with van der Waals surface area (Å²) in [6.45, 7) is 1.88. The number of aromatic nitrogens is 2. The lowest BCUT2D eigenvalue weighted by atomic mass is 9.92. The molecule has 0 aliphatic rings. The van der Waals surface area contributed by atoms with Gasteiger partial charge in [-0.3, -0.25) is 9.89 Å². The van der Waals surface area contributed by atoms with Crippen molar-refractivity contribution in [2.75, 3.05) is 14.2 Å². The standard InChI is InChI=1S/C22H24N2O4/c1-14(15-5-4-6-17(10-15)27-2)9-21(26)18-8-7-16(11-22(18)28-3)19-12-23-24-20(19)13-25/h4-8,10-12,14,25H,9,13H2,1-3H3,(H,23,24)/t14-/m0/s1. The fraction of sp³-hybridized carbons (Fsp3) is 0.273. The topological polar surface area (TPSA) is 84.4 Å². The SMILES string of the molecule is COc1cccc([C@@H](C)CC(=O)c2ccc(-c3cn[nH]c3CO)cc2OC)c1.